The van der Waals surface area contributed by atoms with E-state index in [0.29, 0.717) is 10.7 Å². The Morgan fingerprint density at radius 1 is 1.32 bits per heavy atom. The second kappa shape index (κ2) is 4.91. The van der Waals surface area contributed by atoms with Crippen molar-refractivity contribution in [3.05, 3.63) is 22.8 Å². The molecule has 1 N–H and O–H groups in total. The van der Waals surface area contributed by atoms with Gasteiger partial charge in [-0.3, -0.25) is 5.43 Å². The summed E-state index contributed by atoms with van der Waals surface area (Å²) in [5, 5.41) is 2.65. The van der Waals surface area contributed by atoms with E-state index in [1.165, 1.54) is 0 Å². The number of nitrogens with zero attached hydrogens (tertiary/aromatic N) is 2. The maximum absolute atomic E-state index is 12.5. The first-order chi connectivity index (χ1) is 8.95. The molecule has 2 aliphatic heterocycles. The van der Waals surface area contributed by atoms with Crippen LogP contribution in [0.3, 0.4) is 0 Å². The number of hydrogen-bond donors (Lipinski definition) is 1. The summed E-state index contributed by atoms with van der Waals surface area (Å²) in [4.78, 5) is 3.78. The highest BCUT2D eigenvalue weighted by molar-refractivity contribution is 8.07. The average molecular weight is 328 g/mol. The first-order valence-corrected chi connectivity index (χ1v) is 7.93. The van der Waals surface area contributed by atoms with Gasteiger partial charge in [0, 0.05) is 17.7 Å². The number of hydrogen-bond acceptors (Lipinski definition) is 5. The fraction of sp³-hybridized carbons (Fsp3) is 0.500. The molecule has 0 radical (unpaired) electrons. The fourth-order valence-electron chi connectivity index (χ4n) is 1.93. The van der Waals surface area contributed by atoms with Crippen LogP contribution in [-0.2, 0) is 6.18 Å². The van der Waals surface area contributed by atoms with E-state index in [1.54, 1.807) is 0 Å². The van der Waals surface area contributed by atoms with E-state index < -0.39 is 11.7 Å². The second-order valence-corrected chi connectivity index (χ2v) is 6.98. The highest BCUT2D eigenvalue weighted by atomic mass is 35.5. The predicted octanol–water partition coefficient (Wildman–Crippen LogP) is 3.53. The molecular formula is C10H9ClF3N3S2. The van der Waals surface area contributed by atoms with Crippen molar-refractivity contribution in [1.29, 1.82) is 0 Å². The van der Waals surface area contributed by atoms with Gasteiger partial charge < -0.3 is 0 Å². The molecule has 2 atom stereocenters. The highest BCUT2D eigenvalue weighted by Crippen LogP contribution is 2.44. The summed E-state index contributed by atoms with van der Waals surface area (Å²) in [5.74, 6) is 2.27. The van der Waals surface area contributed by atoms with Crippen molar-refractivity contribution >= 4 is 40.9 Å². The molecule has 19 heavy (non-hydrogen) atoms. The van der Waals surface area contributed by atoms with Gasteiger partial charge in [0.2, 0.25) is 0 Å². The standard InChI is InChI=1S/C10H9ClF3N3S2/c11-6-1-5(10(12,13)14)2-15-9(6)16-17-7-3-18-8(17)4-19-7/h1-2,7-8H,3-4H2,(H,15,16)/t7-,8-/m0/s1. The summed E-state index contributed by atoms with van der Waals surface area (Å²) in [7, 11) is 0. The normalized spacial score (nSPS) is 26.9. The number of anilines is 1. The van der Waals surface area contributed by atoms with Crippen LogP contribution in [0, 0.1) is 0 Å². The largest absolute Gasteiger partial charge is 0.417 e. The molecule has 3 nitrogen and oxygen atoms in total. The molecule has 0 spiro atoms. The Hall–Kier alpha value is -0.310. The Morgan fingerprint density at radius 2 is 1.95 bits per heavy atom. The summed E-state index contributed by atoms with van der Waals surface area (Å²) in [5.41, 5.74) is 2.19. The quantitative estimate of drug-likeness (QED) is 0.897. The zero-order valence-electron chi connectivity index (χ0n) is 9.45. The van der Waals surface area contributed by atoms with Crippen molar-refractivity contribution < 1.29 is 13.2 Å². The molecule has 2 aliphatic rings. The van der Waals surface area contributed by atoms with Gasteiger partial charge in [0.15, 0.2) is 5.82 Å². The van der Waals surface area contributed by atoms with Crippen LogP contribution in [0.4, 0.5) is 19.0 Å². The van der Waals surface area contributed by atoms with Crippen LogP contribution in [-0.4, -0.2) is 32.2 Å². The zero-order valence-corrected chi connectivity index (χ0v) is 11.8. The van der Waals surface area contributed by atoms with E-state index in [0.717, 1.165) is 23.8 Å². The lowest BCUT2D eigenvalue weighted by molar-refractivity contribution is -0.137. The van der Waals surface area contributed by atoms with Crippen LogP contribution in [0.2, 0.25) is 5.02 Å². The van der Waals surface area contributed by atoms with Crippen LogP contribution in [0.25, 0.3) is 0 Å². The van der Waals surface area contributed by atoms with Gasteiger partial charge in [0.05, 0.1) is 21.3 Å². The summed E-state index contributed by atoms with van der Waals surface area (Å²) >= 11 is 9.51. The van der Waals surface area contributed by atoms with E-state index in [4.69, 9.17) is 11.6 Å². The number of rotatable bonds is 2. The maximum atomic E-state index is 12.5. The number of nitrogens with one attached hydrogen (secondary N) is 1. The number of alkyl halides is 3. The molecule has 2 bridgehead atoms. The summed E-state index contributed by atoms with van der Waals surface area (Å²) in [6.07, 6.45) is -3.62. The monoisotopic (exact) mass is 327 g/mol. The molecule has 2 fully saturated rings. The third-order valence-corrected chi connectivity index (χ3v) is 6.17. The first kappa shape index (κ1) is 13.7. The van der Waals surface area contributed by atoms with Crippen LogP contribution < -0.4 is 5.43 Å². The third kappa shape index (κ3) is 2.63. The molecule has 0 aromatic carbocycles. The summed E-state index contributed by atoms with van der Waals surface area (Å²) < 4.78 is 37.5. The van der Waals surface area contributed by atoms with E-state index in [9.17, 15) is 13.2 Å². The minimum absolute atomic E-state index is 0.0175. The molecular weight excluding hydrogens is 319 g/mol. The third-order valence-electron chi connectivity index (χ3n) is 2.89. The van der Waals surface area contributed by atoms with Crippen molar-refractivity contribution in [2.45, 2.75) is 16.9 Å². The van der Waals surface area contributed by atoms with Crippen molar-refractivity contribution in [2.24, 2.45) is 0 Å². The number of thioether (sulfide) groups is 2. The topological polar surface area (TPSA) is 28.2 Å². The first-order valence-electron chi connectivity index (χ1n) is 5.46. The van der Waals surface area contributed by atoms with Crippen LogP contribution >= 0.6 is 35.1 Å². The highest BCUT2D eigenvalue weighted by Gasteiger charge is 2.41. The summed E-state index contributed by atoms with van der Waals surface area (Å²) in [6.45, 7) is 0. The smallest absolute Gasteiger partial charge is 0.300 e. The van der Waals surface area contributed by atoms with E-state index >= 15 is 0 Å². The van der Waals surface area contributed by atoms with Gasteiger partial charge in [0.1, 0.15) is 0 Å². The maximum Gasteiger partial charge on any atom is 0.417 e. The van der Waals surface area contributed by atoms with E-state index in [-0.39, 0.29) is 10.8 Å². The number of fused-ring (bicyclic) bond motifs is 2. The minimum Gasteiger partial charge on any atom is -0.300 e. The number of aromatic nitrogens is 1. The van der Waals surface area contributed by atoms with Gasteiger partial charge in [-0.15, -0.1) is 23.5 Å². The Morgan fingerprint density at radius 3 is 2.42 bits per heavy atom. The Balaban J connectivity index is 1.79. The van der Waals surface area contributed by atoms with Crippen LogP contribution in [0.5, 0.6) is 0 Å². The van der Waals surface area contributed by atoms with Gasteiger partial charge in [-0.2, -0.15) is 18.2 Å². The number of pyridine rings is 1. The number of halogens is 4. The Kier molecular flexibility index (Phi) is 3.53. The van der Waals surface area contributed by atoms with Crippen molar-refractivity contribution in [1.82, 2.24) is 9.99 Å². The Bertz CT molecular complexity index is 479. The molecule has 0 amide bonds. The lowest BCUT2D eigenvalue weighted by Crippen LogP contribution is -2.35. The molecule has 1 aromatic rings. The van der Waals surface area contributed by atoms with Crippen LogP contribution in [0.15, 0.2) is 12.3 Å². The van der Waals surface area contributed by atoms with E-state index in [2.05, 4.69) is 10.4 Å². The molecule has 0 saturated carbocycles. The van der Waals surface area contributed by atoms with Gasteiger partial charge in [-0.25, -0.2) is 4.98 Å². The molecule has 3 heterocycles. The lowest BCUT2D eigenvalue weighted by atomic mass is 10.3. The molecule has 104 valence electrons. The van der Waals surface area contributed by atoms with Gasteiger partial charge in [0.25, 0.3) is 0 Å². The fourth-order valence-corrected chi connectivity index (χ4v) is 5.27. The molecule has 9 heteroatoms. The molecule has 1 aromatic heterocycles. The van der Waals surface area contributed by atoms with Crippen LogP contribution in [0.1, 0.15) is 5.56 Å². The van der Waals surface area contributed by atoms with Gasteiger partial charge >= 0.3 is 6.18 Å². The Labute approximate surface area is 121 Å². The van der Waals surface area contributed by atoms with Crippen molar-refractivity contribution in [3.63, 3.8) is 0 Å². The van der Waals surface area contributed by atoms with Crippen molar-refractivity contribution in [3.8, 4) is 0 Å². The molecule has 3 rings (SSSR count). The summed E-state index contributed by atoms with van der Waals surface area (Å²) in [6, 6.07) is 0.898. The SMILES string of the molecule is FC(F)(F)c1cnc(NN2[C@@H]3CS[C@H]2CS3)c(Cl)c1. The van der Waals surface area contributed by atoms with Gasteiger partial charge in [-0.1, -0.05) is 11.6 Å². The van der Waals surface area contributed by atoms with Gasteiger partial charge in [-0.05, 0) is 6.07 Å². The number of hydrazine groups is 1. The van der Waals surface area contributed by atoms with Crippen molar-refractivity contribution in [2.75, 3.05) is 16.9 Å². The average Bonchev–Trinajstić information content (AvgIpc) is 2.90. The minimum atomic E-state index is -4.42. The molecule has 0 unspecified atom stereocenters. The zero-order chi connectivity index (χ0) is 13.6. The molecule has 2 saturated heterocycles. The predicted molar refractivity (Wildman–Crippen MR) is 72.2 cm³/mol. The second-order valence-electron chi connectivity index (χ2n) is 4.15. The lowest BCUT2D eigenvalue weighted by Gasteiger charge is -2.22. The molecule has 0 aliphatic carbocycles. The van der Waals surface area contributed by atoms with E-state index in [1.807, 2.05) is 28.5 Å².